The topological polar surface area (TPSA) is 84.2 Å². The number of rotatable bonds is 7. The summed E-state index contributed by atoms with van der Waals surface area (Å²) in [6, 6.07) is 15.4. The number of nitrogens with zero attached hydrogens (tertiary/aromatic N) is 7. The molecular formula is C35H41F5N8OS. The second-order valence-corrected chi connectivity index (χ2v) is 14.2. The number of aryl methyl sites for hydroxylation is 1. The molecule has 50 heavy (non-hydrogen) atoms. The van der Waals surface area contributed by atoms with Crippen molar-refractivity contribution in [2.24, 2.45) is 5.41 Å². The van der Waals surface area contributed by atoms with E-state index in [1.54, 1.807) is 12.4 Å². The number of nitrogens with one attached hydrogen (secondary N) is 1. The van der Waals surface area contributed by atoms with Crippen molar-refractivity contribution >= 4 is 23.6 Å². The van der Waals surface area contributed by atoms with E-state index in [1.165, 1.54) is 22.7 Å². The summed E-state index contributed by atoms with van der Waals surface area (Å²) in [5.74, 6) is 1.75. The summed E-state index contributed by atoms with van der Waals surface area (Å²) in [4.78, 5) is 18.7. The van der Waals surface area contributed by atoms with Gasteiger partial charge in [0, 0.05) is 55.5 Å². The Hall–Kier alpha value is -3.98. The van der Waals surface area contributed by atoms with E-state index in [9.17, 15) is 22.0 Å². The highest BCUT2D eigenvalue weighted by atomic mass is 32.2. The Morgan fingerprint density at radius 2 is 1.80 bits per heavy atom. The molecule has 0 spiro atoms. The molecule has 2 aliphatic heterocycles. The third-order valence-electron chi connectivity index (χ3n) is 9.10. The standard InChI is InChI=1S/C35H41F5N8OS/c1-34(2,35(38,39)40)23-49-30-16-19-48(44-30)33-32-26-12-7-6-11-24(26)10-5-3-4-8-17-47(25-15-18-46(21-25)22-27(36)37)29-13-9-14-31(43-29)50-45-28(42-32)20-41-33/h6-7,9,11-14,16,19-20,25,27H,3-5,8,10,15,17-18,21-23H2,1-2H3,(H,42,45). The zero-order chi connectivity index (χ0) is 35.3. The van der Waals surface area contributed by atoms with E-state index in [4.69, 9.17) is 19.7 Å². The Balaban J connectivity index is 1.28. The average molecular weight is 717 g/mol. The lowest BCUT2D eigenvalue weighted by Gasteiger charge is -2.31. The molecule has 268 valence electrons. The Kier molecular flexibility index (Phi) is 11.1. The van der Waals surface area contributed by atoms with Gasteiger partial charge in [0.1, 0.15) is 23.1 Å². The number of hydrogen-bond acceptors (Lipinski definition) is 9. The molecule has 6 rings (SSSR count). The van der Waals surface area contributed by atoms with Gasteiger partial charge in [0.25, 0.3) is 6.43 Å². The van der Waals surface area contributed by atoms with E-state index in [1.807, 2.05) is 41.3 Å². The second-order valence-electron chi connectivity index (χ2n) is 13.3. The largest absolute Gasteiger partial charge is 0.476 e. The second kappa shape index (κ2) is 15.5. The van der Waals surface area contributed by atoms with Crippen molar-refractivity contribution in [1.29, 1.82) is 0 Å². The SMILES string of the molecule is CC(C)(COc1ccn(-c2ncc3nc2-c2ccccc2CCCCCCN(C2CCN(CC(F)F)C2)c2cccc(n2)SN3)n1)C(F)(F)F. The van der Waals surface area contributed by atoms with Crippen molar-refractivity contribution in [3.63, 3.8) is 0 Å². The lowest BCUT2D eigenvalue weighted by molar-refractivity contribution is -0.219. The van der Waals surface area contributed by atoms with Gasteiger partial charge in [-0.25, -0.2) is 28.4 Å². The lowest BCUT2D eigenvalue weighted by Crippen LogP contribution is -2.39. The molecule has 0 amide bonds. The molecule has 3 aromatic heterocycles. The molecule has 1 aromatic carbocycles. The first-order valence-electron chi connectivity index (χ1n) is 16.8. The molecule has 0 saturated carbocycles. The molecule has 5 heterocycles. The van der Waals surface area contributed by atoms with E-state index in [0.29, 0.717) is 35.4 Å². The minimum absolute atomic E-state index is 0.0472. The van der Waals surface area contributed by atoms with Crippen LogP contribution in [0.5, 0.6) is 5.88 Å². The molecule has 1 fully saturated rings. The molecule has 9 nitrogen and oxygen atoms in total. The van der Waals surface area contributed by atoms with Crippen LogP contribution in [0, 0.1) is 5.41 Å². The van der Waals surface area contributed by atoms with E-state index in [0.717, 1.165) is 75.9 Å². The van der Waals surface area contributed by atoms with Crippen LogP contribution in [0.25, 0.3) is 17.1 Å². The molecule has 1 unspecified atom stereocenters. The van der Waals surface area contributed by atoms with E-state index in [2.05, 4.69) is 20.8 Å². The lowest BCUT2D eigenvalue weighted by atomic mass is 9.94. The number of halogens is 5. The number of hydrogen-bond donors (Lipinski definition) is 1. The first kappa shape index (κ1) is 35.8. The number of ether oxygens (including phenoxy) is 1. The van der Waals surface area contributed by atoms with Crippen LogP contribution in [0.4, 0.5) is 33.6 Å². The molecule has 1 N–H and O–H groups in total. The van der Waals surface area contributed by atoms with Crippen LogP contribution >= 0.6 is 11.9 Å². The molecule has 2 aliphatic rings. The Labute approximate surface area is 292 Å². The van der Waals surface area contributed by atoms with E-state index in [-0.39, 0.29) is 18.5 Å². The number of fused-ring (bicyclic) bond motifs is 6. The van der Waals surface area contributed by atoms with Crippen molar-refractivity contribution in [2.45, 2.75) is 76.0 Å². The van der Waals surface area contributed by atoms with Crippen LogP contribution in [-0.2, 0) is 6.42 Å². The number of aromatic nitrogens is 5. The van der Waals surface area contributed by atoms with Crippen LogP contribution in [0.15, 0.2) is 66.0 Å². The fourth-order valence-electron chi connectivity index (χ4n) is 6.18. The van der Waals surface area contributed by atoms with Gasteiger partial charge in [-0.2, -0.15) is 13.2 Å². The van der Waals surface area contributed by atoms with Gasteiger partial charge >= 0.3 is 6.18 Å². The normalized spacial score (nSPS) is 18.1. The fraction of sp³-hybridized carbons (Fsp3) is 0.486. The maximum Gasteiger partial charge on any atom is 0.397 e. The maximum atomic E-state index is 13.4. The summed E-state index contributed by atoms with van der Waals surface area (Å²) in [7, 11) is 0. The van der Waals surface area contributed by atoms with Crippen LogP contribution in [0.2, 0.25) is 0 Å². The molecule has 0 aliphatic carbocycles. The van der Waals surface area contributed by atoms with Crippen molar-refractivity contribution in [2.75, 3.05) is 42.4 Å². The van der Waals surface area contributed by atoms with Crippen molar-refractivity contribution in [1.82, 2.24) is 29.6 Å². The summed E-state index contributed by atoms with van der Waals surface area (Å²) in [6.45, 7) is 3.39. The van der Waals surface area contributed by atoms with Gasteiger partial charge in [0.15, 0.2) is 11.6 Å². The van der Waals surface area contributed by atoms with Crippen LogP contribution in [0.1, 0.15) is 51.5 Å². The molecule has 1 saturated heterocycles. The predicted molar refractivity (Wildman–Crippen MR) is 184 cm³/mol. The Morgan fingerprint density at radius 1 is 0.980 bits per heavy atom. The third-order valence-corrected chi connectivity index (χ3v) is 9.85. The Bertz CT molecular complexity index is 1740. The van der Waals surface area contributed by atoms with Gasteiger partial charge in [0.05, 0.1) is 18.2 Å². The summed E-state index contributed by atoms with van der Waals surface area (Å²) < 4.78 is 76.8. The monoisotopic (exact) mass is 716 g/mol. The number of pyridine rings is 1. The fourth-order valence-corrected chi connectivity index (χ4v) is 6.77. The summed E-state index contributed by atoms with van der Waals surface area (Å²) in [5.41, 5.74) is 0.479. The van der Waals surface area contributed by atoms with E-state index >= 15 is 0 Å². The highest BCUT2D eigenvalue weighted by Crippen LogP contribution is 2.38. The third kappa shape index (κ3) is 8.66. The van der Waals surface area contributed by atoms with Crippen LogP contribution in [-0.4, -0.2) is 81.1 Å². The van der Waals surface area contributed by atoms with Crippen LogP contribution < -0.4 is 14.4 Å². The molecule has 1 atom stereocenters. The zero-order valence-corrected chi connectivity index (χ0v) is 28.9. The molecule has 4 bridgehead atoms. The zero-order valence-electron chi connectivity index (χ0n) is 28.0. The Morgan fingerprint density at radius 3 is 2.62 bits per heavy atom. The van der Waals surface area contributed by atoms with Gasteiger partial charge in [-0.1, -0.05) is 43.2 Å². The van der Waals surface area contributed by atoms with Crippen molar-refractivity contribution in [3.8, 4) is 23.0 Å². The first-order valence-corrected chi connectivity index (χ1v) is 17.7. The average Bonchev–Trinajstić information content (AvgIpc) is 3.75. The highest BCUT2D eigenvalue weighted by molar-refractivity contribution is 8.00. The number of anilines is 2. The van der Waals surface area contributed by atoms with Crippen molar-refractivity contribution < 1.29 is 26.7 Å². The number of likely N-dealkylation sites (tertiary alicyclic amines) is 1. The van der Waals surface area contributed by atoms with Crippen LogP contribution in [0.3, 0.4) is 0 Å². The summed E-state index contributed by atoms with van der Waals surface area (Å²) >= 11 is 1.29. The highest BCUT2D eigenvalue weighted by Gasteiger charge is 2.48. The van der Waals surface area contributed by atoms with Gasteiger partial charge in [0.2, 0.25) is 5.88 Å². The minimum atomic E-state index is -4.43. The van der Waals surface area contributed by atoms with Gasteiger partial charge in [-0.05, 0) is 57.2 Å². The molecule has 4 aromatic rings. The maximum absolute atomic E-state index is 13.4. The molecule has 15 heteroatoms. The smallest absolute Gasteiger partial charge is 0.397 e. The minimum Gasteiger partial charge on any atom is -0.476 e. The van der Waals surface area contributed by atoms with E-state index < -0.39 is 24.6 Å². The molecule has 0 radical (unpaired) electrons. The quantitative estimate of drug-likeness (QED) is 0.151. The van der Waals surface area contributed by atoms with Gasteiger partial charge in [-0.3, -0.25) is 4.90 Å². The van der Waals surface area contributed by atoms with Gasteiger partial charge < -0.3 is 14.4 Å². The number of alkyl halides is 5. The molecular weight excluding hydrogens is 675 g/mol. The summed E-state index contributed by atoms with van der Waals surface area (Å²) in [6.07, 6.45) is 1.90. The van der Waals surface area contributed by atoms with Crippen molar-refractivity contribution in [3.05, 3.63) is 66.5 Å². The summed E-state index contributed by atoms with van der Waals surface area (Å²) in [5, 5.41) is 5.12. The first-order chi connectivity index (χ1) is 24.0. The number of benzene rings is 1. The van der Waals surface area contributed by atoms with Gasteiger partial charge in [-0.15, -0.1) is 5.10 Å². The predicted octanol–water partition coefficient (Wildman–Crippen LogP) is 8.07.